The Labute approximate surface area is 216 Å². The molecule has 36 heavy (non-hydrogen) atoms. The first kappa shape index (κ1) is 25.0. The first-order valence-corrected chi connectivity index (χ1v) is 12.8. The van der Waals surface area contributed by atoms with Crippen LogP contribution in [0.4, 0.5) is 5.69 Å². The van der Waals surface area contributed by atoms with Gasteiger partial charge in [-0.1, -0.05) is 61.9 Å². The number of benzene rings is 1. The Balaban J connectivity index is 1.67. The second-order valence-corrected chi connectivity index (χ2v) is 10.9. The minimum Gasteiger partial charge on any atom is -0.394 e. The van der Waals surface area contributed by atoms with Gasteiger partial charge in [0.05, 0.1) is 41.3 Å². The van der Waals surface area contributed by atoms with Crippen molar-refractivity contribution in [2.45, 2.75) is 44.1 Å². The summed E-state index contributed by atoms with van der Waals surface area (Å²) in [4.78, 5) is 46.7. The summed E-state index contributed by atoms with van der Waals surface area (Å²) in [5.41, 5.74) is -0.795. The highest BCUT2D eigenvalue weighted by Crippen LogP contribution is 2.54. The fourth-order valence-corrected chi connectivity index (χ4v) is 6.54. The third kappa shape index (κ3) is 3.69. The van der Waals surface area contributed by atoms with Crippen LogP contribution < -0.4 is 4.90 Å². The number of amides is 3. The van der Waals surface area contributed by atoms with E-state index in [1.807, 2.05) is 32.1 Å². The zero-order valence-electron chi connectivity index (χ0n) is 20.7. The lowest BCUT2D eigenvalue weighted by atomic mass is 9.77. The Morgan fingerprint density at radius 3 is 2.56 bits per heavy atom. The lowest BCUT2D eigenvalue weighted by molar-refractivity contribution is -0.146. The number of likely N-dealkylation sites (N-methyl/N-ethyl adjacent to an activating group) is 1. The minimum atomic E-state index is -1.33. The molecule has 4 aliphatic heterocycles. The van der Waals surface area contributed by atoms with E-state index < -0.39 is 35.6 Å². The second kappa shape index (κ2) is 9.32. The van der Waals surface area contributed by atoms with E-state index in [1.54, 1.807) is 47.2 Å². The van der Waals surface area contributed by atoms with Crippen molar-refractivity contribution in [3.05, 3.63) is 53.6 Å². The van der Waals surface area contributed by atoms with E-state index in [2.05, 4.69) is 0 Å². The van der Waals surface area contributed by atoms with Gasteiger partial charge in [-0.05, 0) is 24.5 Å². The van der Waals surface area contributed by atoms with Crippen molar-refractivity contribution in [2.75, 3.05) is 31.6 Å². The van der Waals surface area contributed by atoms with Gasteiger partial charge in [-0.25, -0.2) is 0 Å². The molecule has 1 aromatic rings. The lowest BCUT2D eigenvalue weighted by Gasteiger charge is -2.39. The maximum Gasteiger partial charge on any atom is 0.253 e. The second-order valence-electron chi connectivity index (χ2n) is 10.5. The van der Waals surface area contributed by atoms with Crippen molar-refractivity contribution in [3.63, 3.8) is 0 Å². The molecule has 0 bridgehead atoms. The molecule has 1 unspecified atom stereocenters. The molecule has 9 heteroatoms. The van der Waals surface area contributed by atoms with Crippen LogP contribution in [-0.2, 0) is 19.1 Å². The van der Waals surface area contributed by atoms with Gasteiger partial charge in [-0.2, -0.15) is 0 Å². The molecule has 8 nitrogen and oxygen atoms in total. The number of aliphatic hydroxyl groups excluding tert-OH is 1. The number of halogens is 1. The fraction of sp³-hybridized carbons (Fsp3) is 0.519. The van der Waals surface area contributed by atoms with Gasteiger partial charge in [0, 0.05) is 20.1 Å². The highest BCUT2D eigenvalue weighted by Gasteiger charge is 2.72. The summed E-state index contributed by atoms with van der Waals surface area (Å²) in [6, 6.07) is 5.44. The number of hydrogen-bond donors (Lipinski definition) is 1. The van der Waals surface area contributed by atoms with Crippen LogP contribution >= 0.6 is 11.6 Å². The molecule has 1 aromatic carbocycles. The lowest BCUT2D eigenvalue weighted by Crippen LogP contribution is -2.58. The molecule has 1 N–H and O–H groups in total. The van der Waals surface area contributed by atoms with Crippen molar-refractivity contribution in [1.82, 2.24) is 9.80 Å². The van der Waals surface area contributed by atoms with Crippen molar-refractivity contribution >= 4 is 35.0 Å². The Hall–Kier alpha value is -2.68. The third-order valence-electron chi connectivity index (χ3n) is 7.79. The maximum absolute atomic E-state index is 14.4. The van der Waals surface area contributed by atoms with Crippen LogP contribution in [0.15, 0.2) is 48.6 Å². The molecule has 192 valence electrons. The summed E-state index contributed by atoms with van der Waals surface area (Å²) in [5, 5.41) is 10.8. The Morgan fingerprint density at radius 1 is 1.11 bits per heavy atom. The summed E-state index contributed by atoms with van der Waals surface area (Å²) in [6.45, 7) is 4.38. The molecule has 0 aromatic heterocycles. The largest absolute Gasteiger partial charge is 0.394 e. The summed E-state index contributed by atoms with van der Waals surface area (Å²) in [5.74, 6) is -2.31. The molecule has 5 rings (SSSR count). The van der Waals surface area contributed by atoms with Crippen LogP contribution in [-0.4, -0.2) is 83.2 Å². The number of fused-ring (bicyclic) bond motifs is 2. The summed E-state index contributed by atoms with van der Waals surface area (Å²) in [7, 11) is 1.71. The van der Waals surface area contributed by atoms with Gasteiger partial charge in [0.1, 0.15) is 11.6 Å². The summed E-state index contributed by atoms with van der Waals surface area (Å²) in [6.07, 6.45) is 7.21. The number of ether oxygens (including phenoxy) is 1. The summed E-state index contributed by atoms with van der Waals surface area (Å²) >= 11 is 6.48. The Morgan fingerprint density at radius 2 is 1.86 bits per heavy atom. The number of aliphatic hydroxyl groups is 1. The van der Waals surface area contributed by atoms with Crippen molar-refractivity contribution in [3.8, 4) is 0 Å². The average Bonchev–Trinajstić information content (AvgIpc) is 3.17. The van der Waals surface area contributed by atoms with Crippen molar-refractivity contribution in [2.24, 2.45) is 17.8 Å². The molecule has 2 fully saturated rings. The average molecular weight is 514 g/mol. The fourth-order valence-electron chi connectivity index (χ4n) is 6.30. The first-order valence-electron chi connectivity index (χ1n) is 12.5. The van der Waals surface area contributed by atoms with Gasteiger partial charge >= 0.3 is 0 Å². The monoisotopic (exact) mass is 513 g/mol. The van der Waals surface area contributed by atoms with Gasteiger partial charge in [0.25, 0.3) is 5.91 Å². The molecule has 0 aliphatic carbocycles. The van der Waals surface area contributed by atoms with Gasteiger partial charge in [0.15, 0.2) is 0 Å². The summed E-state index contributed by atoms with van der Waals surface area (Å²) < 4.78 is 6.60. The zero-order valence-corrected chi connectivity index (χ0v) is 21.5. The third-order valence-corrected chi connectivity index (χ3v) is 8.11. The van der Waals surface area contributed by atoms with E-state index in [0.717, 1.165) is 0 Å². The molecule has 4 heterocycles. The minimum absolute atomic E-state index is 0.171. The molecule has 3 amide bonds. The molecule has 0 radical (unpaired) electrons. The van der Waals surface area contributed by atoms with Gasteiger partial charge in [-0.3, -0.25) is 14.4 Å². The van der Waals surface area contributed by atoms with Gasteiger partial charge in [0.2, 0.25) is 11.8 Å². The van der Waals surface area contributed by atoms with Crippen LogP contribution in [0.5, 0.6) is 0 Å². The quantitative estimate of drug-likeness (QED) is 0.610. The molecular weight excluding hydrogens is 482 g/mol. The van der Waals surface area contributed by atoms with E-state index in [0.29, 0.717) is 23.7 Å². The molecule has 2 saturated heterocycles. The molecule has 0 saturated carbocycles. The number of carbonyl (C=O) groups is 3. The highest BCUT2D eigenvalue weighted by molar-refractivity contribution is 6.34. The maximum atomic E-state index is 14.4. The SMILES string of the molecule is CC(C)C[C@H](CO)N1C(=O)[C@@H]2[C@@H]3C(=O)N(C)CC=C[C@@H]3O[C@@]23C=CCN(c2ccccc2Cl)C(=O)C13. The van der Waals surface area contributed by atoms with Crippen LogP contribution in [0.25, 0.3) is 0 Å². The van der Waals surface area contributed by atoms with Crippen LogP contribution in [0.1, 0.15) is 20.3 Å². The number of hydrogen-bond acceptors (Lipinski definition) is 5. The smallest absolute Gasteiger partial charge is 0.253 e. The topological polar surface area (TPSA) is 90.4 Å². The predicted octanol–water partition coefficient (Wildman–Crippen LogP) is 2.26. The van der Waals surface area contributed by atoms with E-state index in [1.165, 1.54) is 4.90 Å². The number of anilines is 1. The highest BCUT2D eigenvalue weighted by atomic mass is 35.5. The standard InChI is InChI=1S/C27H32ClN3O5/c1-16(2)14-17(15-32)31-23-26(35)30(19-9-5-4-8-18(19)28)13-7-11-27(23)22(25(31)34)21-20(36-27)10-6-12-29(3)24(21)33/h4-11,16-17,20-23,32H,12-15H2,1-3H3/t17-,20+,21-,22+,23?,27+/m1/s1. The van der Waals surface area contributed by atoms with Crippen LogP contribution in [0, 0.1) is 17.8 Å². The molecule has 4 aliphatic rings. The zero-order chi connectivity index (χ0) is 25.8. The van der Waals surface area contributed by atoms with Gasteiger partial charge in [-0.15, -0.1) is 0 Å². The number of carbonyl (C=O) groups excluding carboxylic acids is 3. The van der Waals surface area contributed by atoms with Gasteiger partial charge < -0.3 is 24.5 Å². The predicted molar refractivity (Wildman–Crippen MR) is 135 cm³/mol. The number of likely N-dealkylation sites (tertiary alicyclic amines) is 1. The van der Waals surface area contributed by atoms with Crippen molar-refractivity contribution < 1.29 is 24.2 Å². The van der Waals surface area contributed by atoms with E-state index >= 15 is 0 Å². The molecule has 6 atom stereocenters. The van der Waals surface area contributed by atoms with Crippen LogP contribution in [0.2, 0.25) is 5.02 Å². The first-order chi connectivity index (χ1) is 17.2. The van der Waals surface area contributed by atoms with Crippen molar-refractivity contribution in [1.29, 1.82) is 0 Å². The number of nitrogens with zero attached hydrogens (tertiary/aromatic N) is 3. The normalized spacial score (nSPS) is 32.5. The Kier molecular flexibility index (Phi) is 6.47. The van der Waals surface area contributed by atoms with E-state index in [4.69, 9.17) is 16.3 Å². The van der Waals surface area contributed by atoms with E-state index in [9.17, 15) is 19.5 Å². The van der Waals surface area contributed by atoms with E-state index in [-0.39, 0.29) is 36.8 Å². The Bertz CT molecular complexity index is 1140. The van der Waals surface area contributed by atoms with Crippen LogP contribution in [0.3, 0.4) is 0 Å². The molecular formula is C27H32ClN3O5. The number of para-hydroxylation sites is 1. The molecule has 1 spiro atoms. The number of rotatable bonds is 5.